The van der Waals surface area contributed by atoms with Crippen molar-refractivity contribution in [3.63, 3.8) is 0 Å². The van der Waals surface area contributed by atoms with Crippen LogP contribution in [0.15, 0.2) is 12.1 Å². The van der Waals surface area contributed by atoms with Crippen molar-refractivity contribution in [3.8, 4) is 11.5 Å². The molecule has 1 aromatic heterocycles. The minimum atomic E-state index is -0.568. The van der Waals surface area contributed by atoms with Crippen LogP contribution in [0.2, 0.25) is 0 Å². The topological polar surface area (TPSA) is 114 Å². The van der Waals surface area contributed by atoms with Gasteiger partial charge in [-0.25, -0.2) is 9.59 Å². The van der Waals surface area contributed by atoms with Crippen LogP contribution in [0.3, 0.4) is 0 Å². The maximum absolute atomic E-state index is 12.7. The van der Waals surface area contributed by atoms with Crippen LogP contribution in [0, 0.1) is 0 Å². The lowest BCUT2D eigenvalue weighted by Crippen LogP contribution is -2.42. The molecular weight excluding hydrogens is 460 g/mol. The number of carbonyl (C=O) groups is 2. The summed E-state index contributed by atoms with van der Waals surface area (Å²) in [6, 6.07) is 3.42. The highest BCUT2D eigenvalue weighted by atomic mass is 32.1. The number of nitrogens with one attached hydrogen (secondary N) is 3. The minimum absolute atomic E-state index is 0.105. The van der Waals surface area contributed by atoms with Gasteiger partial charge in [0.25, 0.3) is 0 Å². The molecule has 1 fully saturated rings. The third-order valence-corrected chi connectivity index (χ3v) is 5.57. The number of benzene rings is 1. The molecule has 1 atom stereocenters. The second-order valence-corrected chi connectivity index (χ2v) is 9.24. The number of thiocarbonyl (C=S) groups is 1. The van der Waals surface area contributed by atoms with Crippen molar-refractivity contribution < 1.29 is 28.5 Å². The highest BCUT2D eigenvalue weighted by Crippen LogP contribution is 2.37. The summed E-state index contributed by atoms with van der Waals surface area (Å²) in [5.74, 6) is 0.533. The number of rotatable bonds is 6. The number of fused-ring (bicyclic) bond motifs is 1. The first-order valence-electron chi connectivity index (χ1n) is 11.1. The number of likely N-dealkylation sites (tertiary alicyclic amines) is 1. The van der Waals surface area contributed by atoms with Crippen molar-refractivity contribution >= 4 is 46.0 Å². The van der Waals surface area contributed by atoms with Gasteiger partial charge in [0.2, 0.25) is 0 Å². The summed E-state index contributed by atoms with van der Waals surface area (Å²) < 4.78 is 21.4. The number of esters is 1. The Hall–Kier alpha value is -3.21. The molecule has 11 heteroatoms. The first-order valence-corrected chi connectivity index (χ1v) is 11.5. The van der Waals surface area contributed by atoms with Crippen LogP contribution in [-0.2, 0) is 9.47 Å². The molecule has 1 aliphatic rings. The van der Waals surface area contributed by atoms with E-state index in [-0.39, 0.29) is 18.3 Å². The van der Waals surface area contributed by atoms with Gasteiger partial charge < -0.3 is 39.5 Å². The Bertz CT molecular complexity index is 1080. The first kappa shape index (κ1) is 25.4. The summed E-state index contributed by atoms with van der Waals surface area (Å²) in [5.41, 5.74) is 0.832. The summed E-state index contributed by atoms with van der Waals surface area (Å²) in [6.07, 6.45) is 0.255. The number of hydrogen-bond donors (Lipinski definition) is 3. The monoisotopic (exact) mass is 492 g/mol. The normalized spacial score (nSPS) is 15.7. The summed E-state index contributed by atoms with van der Waals surface area (Å²) in [4.78, 5) is 29.8. The van der Waals surface area contributed by atoms with Crippen molar-refractivity contribution in [1.29, 1.82) is 0 Å². The van der Waals surface area contributed by atoms with Gasteiger partial charge in [-0.1, -0.05) is 0 Å². The number of nitrogens with zero attached hydrogens (tertiary/aromatic N) is 1. The second kappa shape index (κ2) is 10.4. The number of aromatic nitrogens is 1. The molecule has 10 nitrogen and oxygen atoms in total. The zero-order valence-corrected chi connectivity index (χ0v) is 21.2. The van der Waals surface area contributed by atoms with Crippen LogP contribution in [0.1, 0.15) is 44.6 Å². The van der Waals surface area contributed by atoms with Crippen molar-refractivity contribution in [3.05, 3.63) is 17.8 Å². The van der Waals surface area contributed by atoms with E-state index in [1.165, 1.54) is 0 Å². The van der Waals surface area contributed by atoms with E-state index >= 15 is 0 Å². The van der Waals surface area contributed by atoms with Crippen LogP contribution in [0.5, 0.6) is 11.5 Å². The molecule has 2 aromatic rings. The van der Waals surface area contributed by atoms with Gasteiger partial charge in [-0.05, 0) is 52.4 Å². The maximum Gasteiger partial charge on any atom is 0.407 e. The van der Waals surface area contributed by atoms with Gasteiger partial charge in [0.05, 0.1) is 38.1 Å². The Kier molecular flexibility index (Phi) is 7.75. The largest absolute Gasteiger partial charge is 0.493 e. The Morgan fingerprint density at radius 1 is 1.21 bits per heavy atom. The number of H-pyrrole nitrogens is 1. The van der Waals surface area contributed by atoms with Crippen LogP contribution in [-0.4, -0.2) is 72.6 Å². The fraction of sp³-hybridized carbons (Fsp3) is 0.522. The van der Waals surface area contributed by atoms with E-state index in [4.69, 9.17) is 31.2 Å². The second-order valence-electron chi connectivity index (χ2n) is 8.86. The molecule has 186 valence electrons. The highest BCUT2D eigenvalue weighted by Gasteiger charge is 2.29. The fourth-order valence-corrected chi connectivity index (χ4v) is 4.00. The molecule has 0 saturated carbocycles. The molecule has 0 radical (unpaired) electrons. The third kappa shape index (κ3) is 5.82. The standard InChI is InChI=1S/C23H32N4O6S/c1-7-32-20(28)19-18(14-10-16(30-5)17(31-6)11-15(14)25-19)26-21(34)27-9-8-13(12-27)24-22(29)33-23(2,3)4/h10-11,13,25H,7-9,12H2,1-6H3,(H,24,29)(H,26,34). The number of anilines is 1. The first-order chi connectivity index (χ1) is 16.1. The molecule has 0 aliphatic carbocycles. The molecule has 1 unspecified atom stereocenters. The lowest BCUT2D eigenvalue weighted by atomic mass is 10.2. The Morgan fingerprint density at radius 3 is 2.50 bits per heavy atom. The van der Waals surface area contributed by atoms with Crippen molar-refractivity contribution in [2.75, 3.05) is 39.2 Å². The molecule has 1 saturated heterocycles. The number of methoxy groups -OCH3 is 2. The smallest absolute Gasteiger partial charge is 0.407 e. The van der Waals surface area contributed by atoms with E-state index in [1.807, 2.05) is 25.7 Å². The highest BCUT2D eigenvalue weighted by molar-refractivity contribution is 7.80. The minimum Gasteiger partial charge on any atom is -0.493 e. The van der Waals surface area contributed by atoms with E-state index in [0.717, 1.165) is 0 Å². The lowest BCUT2D eigenvalue weighted by Gasteiger charge is -2.23. The van der Waals surface area contributed by atoms with E-state index in [9.17, 15) is 9.59 Å². The summed E-state index contributed by atoms with van der Waals surface area (Å²) in [7, 11) is 3.09. The van der Waals surface area contributed by atoms with E-state index < -0.39 is 17.7 Å². The van der Waals surface area contributed by atoms with Gasteiger partial charge in [0, 0.05) is 24.5 Å². The maximum atomic E-state index is 12.7. The van der Waals surface area contributed by atoms with Crippen molar-refractivity contribution in [2.24, 2.45) is 0 Å². The SMILES string of the molecule is CCOC(=O)c1[nH]c2cc(OC)c(OC)cc2c1NC(=S)N1CCC(NC(=O)OC(C)(C)C)C1. The molecule has 3 rings (SSSR count). The molecule has 0 spiro atoms. The molecule has 1 aliphatic heterocycles. The van der Waals surface area contributed by atoms with Crippen molar-refractivity contribution in [1.82, 2.24) is 15.2 Å². The van der Waals surface area contributed by atoms with Crippen LogP contribution >= 0.6 is 12.2 Å². The lowest BCUT2D eigenvalue weighted by molar-refractivity contribution is 0.0501. The average Bonchev–Trinajstić information content (AvgIpc) is 3.36. The van der Waals surface area contributed by atoms with E-state index in [2.05, 4.69) is 15.6 Å². The molecule has 0 bridgehead atoms. The third-order valence-electron chi connectivity index (χ3n) is 5.21. The predicted octanol–water partition coefficient (Wildman–Crippen LogP) is 3.66. The van der Waals surface area contributed by atoms with Gasteiger partial charge in [-0.3, -0.25) is 0 Å². The van der Waals surface area contributed by atoms with Gasteiger partial charge >= 0.3 is 12.1 Å². The molecule has 1 amide bonds. The van der Waals surface area contributed by atoms with E-state index in [0.29, 0.717) is 52.7 Å². The number of ether oxygens (including phenoxy) is 4. The van der Waals surface area contributed by atoms with Crippen molar-refractivity contribution in [2.45, 2.75) is 45.8 Å². The predicted molar refractivity (Wildman–Crippen MR) is 133 cm³/mol. The number of carbonyl (C=O) groups excluding carboxylic acids is 2. The zero-order valence-electron chi connectivity index (χ0n) is 20.4. The Morgan fingerprint density at radius 2 is 1.88 bits per heavy atom. The summed E-state index contributed by atoms with van der Waals surface area (Å²) in [5, 5.41) is 7.21. The van der Waals surface area contributed by atoms with Gasteiger partial charge in [-0.2, -0.15) is 0 Å². The fourth-order valence-electron chi connectivity index (χ4n) is 3.73. The number of hydrogen-bond acceptors (Lipinski definition) is 7. The molecular formula is C23H32N4O6S. The quantitative estimate of drug-likeness (QED) is 0.411. The molecule has 3 N–H and O–H groups in total. The van der Waals surface area contributed by atoms with E-state index in [1.54, 1.807) is 33.3 Å². The molecule has 1 aromatic carbocycles. The number of alkyl carbamates (subject to hydrolysis) is 1. The van der Waals surface area contributed by atoms with Gasteiger partial charge in [-0.15, -0.1) is 0 Å². The number of amides is 1. The molecule has 34 heavy (non-hydrogen) atoms. The molecule has 2 heterocycles. The Labute approximate surface area is 204 Å². The number of aromatic amines is 1. The summed E-state index contributed by atoms with van der Waals surface area (Å²) >= 11 is 5.65. The van der Waals surface area contributed by atoms with Crippen LogP contribution < -0.4 is 20.1 Å². The van der Waals surface area contributed by atoms with Gasteiger partial charge in [0.15, 0.2) is 16.6 Å². The van der Waals surface area contributed by atoms with Crippen LogP contribution in [0.4, 0.5) is 10.5 Å². The average molecular weight is 493 g/mol. The van der Waals surface area contributed by atoms with Crippen LogP contribution in [0.25, 0.3) is 10.9 Å². The van der Waals surface area contributed by atoms with Gasteiger partial charge in [0.1, 0.15) is 11.3 Å². The summed E-state index contributed by atoms with van der Waals surface area (Å²) in [6.45, 7) is 8.58. The Balaban J connectivity index is 1.81. The zero-order chi connectivity index (χ0) is 25.0.